The lowest BCUT2D eigenvalue weighted by Crippen LogP contribution is -2.20. The van der Waals surface area contributed by atoms with E-state index in [1.165, 1.54) is 24.3 Å². The Balaban J connectivity index is 1.99. The van der Waals surface area contributed by atoms with Gasteiger partial charge in [0, 0.05) is 11.3 Å². The number of benzene rings is 2. The van der Waals surface area contributed by atoms with Crippen molar-refractivity contribution in [1.29, 1.82) is 0 Å². The Labute approximate surface area is 131 Å². The number of amides is 1. The molecular formula is C15H6ClF4NO2. The summed E-state index contributed by atoms with van der Waals surface area (Å²) in [4.78, 5) is 14.9. The van der Waals surface area contributed by atoms with Gasteiger partial charge in [-0.05, 0) is 30.3 Å². The molecule has 0 fully saturated rings. The Kier molecular flexibility index (Phi) is 3.60. The highest BCUT2D eigenvalue weighted by molar-refractivity contribution is 6.32. The summed E-state index contributed by atoms with van der Waals surface area (Å²) >= 11 is 5.69. The molecule has 1 aliphatic heterocycles. The molecule has 0 N–H and O–H groups in total. The molecule has 1 heterocycles. The molecule has 0 aliphatic carbocycles. The predicted octanol–water partition coefficient (Wildman–Crippen LogP) is 3.23. The Hall–Kier alpha value is -2.41. The predicted molar refractivity (Wildman–Crippen MR) is 73.2 cm³/mol. The van der Waals surface area contributed by atoms with Gasteiger partial charge in [-0.15, -0.1) is 0 Å². The lowest BCUT2D eigenvalue weighted by molar-refractivity contribution is -0.137. The molecule has 0 unspecified atom stereocenters. The highest BCUT2D eigenvalue weighted by atomic mass is 35.5. The summed E-state index contributed by atoms with van der Waals surface area (Å²) in [6.45, 7) is 0. The Bertz CT molecular complexity index is 914. The molecule has 2 aromatic rings. The van der Waals surface area contributed by atoms with Crippen molar-refractivity contribution >= 4 is 23.6 Å². The molecule has 0 aromatic heterocycles. The van der Waals surface area contributed by atoms with E-state index in [0.717, 1.165) is 0 Å². The largest absolute Gasteiger partial charge is 0.453 e. The van der Waals surface area contributed by atoms with Crippen LogP contribution in [0, 0.1) is 5.82 Å². The highest BCUT2D eigenvalue weighted by Crippen LogP contribution is 2.38. The second kappa shape index (κ2) is 5.34. The molecule has 23 heavy (non-hydrogen) atoms. The van der Waals surface area contributed by atoms with E-state index in [1.54, 1.807) is 0 Å². The van der Waals surface area contributed by atoms with E-state index in [1.807, 2.05) is 0 Å². The van der Waals surface area contributed by atoms with Gasteiger partial charge in [-0.2, -0.15) is 13.2 Å². The number of hydrogen-bond donors (Lipinski definition) is 0. The zero-order chi connectivity index (χ0) is 16.8. The van der Waals surface area contributed by atoms with Gasteiger partial charge in [-0.3, -0.25) is 4.79 Å². The van der Waals surface area contributed by atoms with E-state index in [2.05, 4.69) is 4.99 Å². The third-order valence-electron chi connectivity index (χ3n) is 3.05. The molecule has 1 aliphatic rings. The maximum absolute atomic E-state index is 13.9. The van der Waals surface area contributed by atoms with Gasteiger partial charge in [-0.25, -0.2) is 9.38 Å². The number of alkyl halides is 3. The minimum absolute atomic E-state index is 0.116. The van der Waals surface area contributed by atoms with Crippen LogP contribution in [0.1, 0.15) is 5.56 Å². The van der Waals surface area contributed by atoms with Crippen molar-refractivity contribution in [3.8, 4) is 11.5 Å². The molecule has 0 radical (unpaired) electrons. The van der Waals surface area contributed by atoms with Gasteiger partial charge in [0.25, 0.3) is 5.91 Å². The minimum Gasteiger partial charge on any atom is -0.453 e. The van der Waals surface area contributed by atoms with Gasteiger partial charge in [0.2, 0.25) is 0 Å². The summed E-state index contributed by atoms with van der Waals surface area (Å²) in [6, 6.07) is 5.18. The highest BCUT2D eigenvalue weighted by Gasteiger charge is 2.32. The normalized spacial score (nSPS) is 13.3. The smallest absolute Gasteiger partial charge is 0.416 e. The van der Waals surface area contributed by atoms with Crippen LogP contribution < -0.4 is 15.3 Å². The van der Waals surface area contributed by atoms with Crippen LogP contribution in [0.4, 0.5) is 17.6 Å². The monoisotopic (exact) mass is 343 g/mol. The number of carbonyl (C=O) groups excluding carboxylic acids is 1. The van der Waals surface area contributed by atoms with Crippen molar-refractivity contribution in [3.63, 3.8) is 0 Å². The molecule has 0 spiro atoms. The molecule has 2 aromatic carbocycles. The van der Waals surface area contributed by atoms with Crippen LogP contribution in [0.15, 0.2) is 35.3 Å². The van der Waals surface area contributed by atoms with Crippen LogP contribution in [0.25, 0.3) is 6.08 Å². The van der Waals surface area contributed by atoms with Gasteiger partial charge >= 0.3 is 6.18 Å². The van der Waals surface area contributed by atoms with E-state index in [0.29, 0.717) is 22.7 Å². The van der Waals surface area contributed by atoms with E-state index in [9.17, 15) is 22.4 Å². The summed E-state index contributed by atoms with van der Waals surface area (Å²) < 4.78 is 56.8. The van der Waals surface area contributed by atoms with Crippen LogP contribution in [0.3, 0.4) is 0 Å². The first-order valence-electron chi connectivity index (χ1n) is 6.22. The number of rotatable bonds is 2. The first kappa shape index (κ1) is 15.5. The first-order valence-corrected chi connectivity index (χ1v) is 6.60. The minimum atomic E-state index is -4.71. The fourth-order valence-electron chi connectivity index (χ4n) is 2.04. The molecule has 0 saturated heterocycles. The van der Waals surface area contributed by atoms with Crippen molar-refractivity contribution in [1.82, 2.24) is 0 Å². The standard InChI is InChI=1S/C15H6ClF4NO2/c16-10-5-8(15(18,19)20)6-11(17)14(10)23-9-1-2-12-7(3-9)4-13(22)21-12/h1-6H. The fourth-order valence-corrected chi connectivity index (χ4v) is 2.28. The second-order valence-corrected chi connectivity index (χ2v) is 5.09. The van der Waals surface area contributed by atoms with Crippen molar-refractivity contribution in [3.05, 3.63) is 57.3 Å². The third-order valence-corrected chi connectivity index (χ3v) is 3.33. The lowest BCUT2D eigenvalue weighted by atomic mass is 10.2. The third kappa shape index (κ3) is 3.05. The van der Waals surface area contributed by atoms with E-state index in [4.69, 9.17) is 16.3 Å². The summed E-state index contributed by atoms with van der Waals surface area (Å²) in [5.41, 5.74) is -1.21. The lowest BCUT2D eigenvalue weighted by Gasteiger charge is -2.12. The number of ether oxygens (including phenoxy) is 1. The Morgan fingerprint density at radius 1 is 1.13 bits per heavy atom. The molecule has 1 amide bonds. The average Bonchev–Trinajstić information content (AvgIpc) is 2.80. The van der Waals surface area contributed by atoms with Gasteiger partial charge in [0.15, 0.2) is 11.6 Å². The number of carbonyl (C=O) groups is 1. The molecular weight excluding hydrogens is 338 g/mol. The number of fused-ring (bicyclic) bond motifs is 1. The molecule has 3 rings (SSSR count). The van der Waals surface area contributed by atoms with Crippen molar-refractivity contribution in [2.75, 3.05) is 0 Å². The van der Waals surface area contributed by atoms with Crippen molar-refractivity contribution in [2.45, 2.75) is 6.18 Å². The summed E-state index contributed by atoms with van der Waals surface area (Å²) in [7, 11) is 0. The van der Waals surface area contributed by atoms with Crippen LogP contribution >= 0.6 is 11.6 Å². The summed E-state index contributed by atoms with van der Waals surface area (Å²) in [5, 5.41) is 0.389. The van der Waals surface area contributed by atoms with E-state index in [-0.39, 0.29) is 5.75 Å². The molecule has 3 nitrogen and oxygen atoms in total. The number of nitrogens with zero attached hydrogens (tertiary/aromatic N) is 1. The van der Waals surface area contributed by atoms with Gasteiger partial charge in [0.05, 0.1) is 15.9 Å². The van der Waals surface area contributed by atoms with Gasteiger partial charge < -0.3 is 4.74 Å². The summed E-state index contributed by atoms with van der Waals surface area (Å²) in [5.74, 6) is -2.09. The molecule has 0 atom stereocenters. The van der Waals surface area contributed by atoms with Gasteiger partial charge in [0.1, 0.15) is 5.75 Å². The fraction of sp³-hybridized carbons (Fsp3) is 0.0667. The van der Waals surface area contributed by atoms with Crippen LogP contribution in [-0.4, -0.2) is 5.91 Å². The average molecular weight is 344 g/mol. The maximum Gasteiger partial charge on any atom is 0.416 e. The molecule has 118 valence electrons. The van der Waals surface area contributed by atoms with Crippen molar-refractivity contribution < 1.29 is 27.1 Å². The number of halogens is 5. The van der Waals surface area contributed by atoms with Crippen molar-refractivity contribution in [2.24, 2.45) is 4.99 Å². The SMILES string of the molecule is O=C1C=c2cc(Oc3c(F)cc(C(F)(F)F)cc3Cl)ccc2=N1. The number of hydrogen-bond acceptors (Lipinski definition) is 2. The maximum atomic E-state index is 13.9. The Morgan fingerprint density at radius 3 is 2.52 bits per heavy atom. The van der Waals surface area contributed by atoms with Gasteiger partial charge in [-0.1, -0.05) is 11.6 Å². The van der Waals surface area contributed by atoms with E-state index >= 15 is 0 Å². The van der Waals surface area contributed by atoms with Crippen LogP contribution in [0.2, 0.25) is 5.02 Å². The van der Waals surface area contributed by atoms with E-state index < -0.39 is 34.2 Å². The molecule has 8 heteroatoms. The molecule has 0 bridgehead atoms. The zero-order valence-corrected chi connectivity index (χ0v) is 11.9. The Morgan fingerprint density at radius 2 is 1.87 bits per heavy atom. The second-order valence-electron chi connectivity index (χ2n) is 4.68. The quantitative estimate of drug-likeness (QED) is 0.785. The zero-order valence-electron chi connectivity index (χ0n) is 11.1. The first-order chi connectivity index (χ1) is 10.7. The van der Waals surface area contributed by atoms with Crippen LogP contribution in [-0.2, 0) is 11.0 Å². The summed E-state index contributed by atoms with van der Waals surface area (Å²) in [6.07, 6.45) is -3.46. The molecule has 0 saturated carbocycles. The topological polar surface area (TPSA) is 38.7 Å². The van der Waals surface area contributed by atoms with Crippen LogP contribution in [0.5, 0.6) is 11.5 Å².